The van der Waals surface area contributed by atoms with Crippen molar-refractivity contribution < 1.29 is 17.9 Å². The molecule has 150 valence electrons. The van der Waals surface area contributed by atoms with Crippen LogP contribution < -0.4 is 15.4 Å². The molecule has 0 atom stereocenters. The Morgan fingerprint density at radius 2 is 1.79 bits per heavy atom. The van der Waals surface area contributed by atoms with Gasteiger partial charge in [-0.3, -0.25) is 0 Å². The van der Waals surface area contributed by atoms with Crippen LogP contribution in [0.3, 0.4) is 0 Å². The van der Waals surface area contributed by atoms with Crippen molar-refractivity contribution in [2.45, 2.75) is 11.8 Å². The summed E-state index contributed by atoms with van der Waals surface area (Å²) >= 11 is 5.33. The van der Waals surface area contributed by atoms with Gasteiger partial charge in [0.2, 0.25) is 10.0 Å². The molecule has 0 amide bonds. The molecule has 9 heteroatoms. The van der Waals surface area contributed by atoms with Crippen molar-refractivity contribution >= 4 is 38.7 Å². The maximum Gasteiger partial charge on any atom is 0.243 e. The number of hydrogen-bond acceptors (Lipinski definition) is 5. The third-order valence-corrected chi connectivity index (χ3v) is 6.22. The normalized spacial score (nSPS) is 15.0. The molecule has 1 heterocycles. The van der Waals surface area contributed by atoms with Crippen LogP contribution in [-0.4, -0.2) is 50.7 Å². The van der Waals surface area contributed by atoms with Crippen molar-refractivity contribution in [2.24, 2.45) is 0 Å². The molecule has 1 saturated heterocycles. The third kappa shape index (κ3) is 5.20. The molecule has 7 nitrogen and oxygen atoms in total. The van der Waals surface area contributed by atoms with E-state index in [1.54, 1.807) is 24.3 Å². The second-order valence-electron chi connectivity index (χ2n) is 6.08. The highest BCUT2D eigenvalue weighted by Crippen LogP contribution is 2.21. The second-order valence-corrected chi connectivity index (χ2v) is 8.43. The predicted molar refractivity (Wildman–Crippen MR) is 113 cm³/mol. The molecule has 0 aliphatic carbocycles. The molecule has 1 aliphatic rings. The van der Waals surface area contributed by atoms with Crippen LogP contribution in [0.5, 0.6) is 5.75 Å². The minimum absolute atomic E-state index is 0.225. The molecule has 28 heavy (non-hydrogen) atoms. The van der Waals surface area contributed by atoms with E-state index >= 15 is 0 Å². The summed E-state index contributed by atoms with van der Waals surface area (Å²) in [6.45, 7) is 4.07. The van der Waals surface area contributed by atoms with Gasteiger partial charge in [0, 0.05) is 24.5 Å². The van der Waals surface area contributed by atoms with E-state index in [4.69, 9.17) is 21.7 Å². The van der Waals surface area contributed by atoms with Gasteiger partial charge in [-0.1, -0.05) is 6.07 Å². The van der Waals surface area contributed by atoms with Crippen LogP contribution >= 0.6 is 12.2 Å². The van der Waals surface area contributed by atoms with E-state index in [1.165, 1.54) is 4.31 Å². The largest absolute Gasteiger partial charge is 0.494 e. The molecule has 1 fully saturated rings. The number of morpholine rings is 1. The zero-order valence-electron chi connectivity index (χ0n) is 15.6. The SMILES string of the molecule is CCOc1ccc(NC(=S)Nc2cccc(S(=O)(=O)N3CCOCC3)c2)cc1. The van der Waals surface area contributed by atoms with Crippen molar-refractivity contribution in [2.75, 3.05) is 43.5 Å². The Labute approximate surface area is 170 Å². The molecular formula is C19H23N3O4S2. The molecular weight excluding hydrogens is 398 g/mol. The van der Waals surface area contributed by atoms with Crippen molar-refractivity contribution in [3.05, 3.63) is 48.5 Å². The number of benzene rings is 2. The van der Waals surface area contributed by atoms with Crippen LogP contribution in [0.15, 0.2) is 53.4 Å². The quantitative estimate of drug-likeness (QED) is 0.694. The first kappa shape index (κ1) is 20.5. The van der Waals surface area contributed by atoms with Gasteiger partial charge in [0.15, 0.2) is 5.11 Å². The number of anilines is 2. The predicted octanol–water partition coefficient (Wildman–Crippen LogP) is 2.92. The van der Waals surface area contributed by atoms with Gasteiger partial charge < -0.3 is 20.1 Å². The lowest BCUT2D eigenvalue weighted by atomic mass is 10.3. The van der Waals surface area contributed by atoms with Crippen LogP contribution in [0.2, 0.25) is 0 Å². The lowest BCUT2D eigenvalue weighted by Crippen LogP contribution is -2.40. The molecule has 3 rings (SSSR count). The summed E-state index contributed by atoms with van der Waals surface area (Å²) in [5.74, 6) is 0.785. The van der Waals surface area contributed by atoms with E-state index in [2.05, 4.69) is 10.6 Å². The minimum atomic E-state index is -3.55. The van der Waals surface area contributed by atoms with Gasteiger partial charge in [-0.2, -0.15) is 4.31 Å². The van der Waals surface area contributed by atoms with E-state index in [1.807, 2.05) is 31.2 Å². The fourth-order valence-electron chi connectivity index (χ4n) is 2.76. The van der Waals surface area contributed by atoms with Gasteiger partial charge in [-0.25, -0.2) is 8.42 Å². The zero-order chi connectivity index (χ0) is 20.0. The summed E-state index contributed by atoms with van der Waals surface area (Å²) in [5, 5.41) is 6.46. The fourth-order valence-corrected chi connectivity index (χ4v) is 4.46. The first-order valence-electron chi connectivity index (χ1n) is 8.98. The summed E-state index contributed by atoms with van der Waals surface area (Å²) in [7, 11) is -3.55. The Bertz CT molecular complexity index is 911. The van der Waals surface area contributed by atoms with E-state index in [9.17, 15) is 8.42 Å². The molecule has 1 aliphatic heterocycles. The van der Waals surface area contributed by atoms with Gasteiger partial charge in [0.1, 0.15) is 5.75 Å². The summed E-state index contributed by atoms with van der Waals surface area (Å²) < 4.78 is 37.6. The highest BCUT2D eigenvalue weighted by Gasteiger charge is 2.26. The summed E-state index contributed by atoms with van der Waals surface area (Å²) in [5.41, 5.74) is 1.40. The number of nitrogens with zero attached hydrogens (tertiary/aromatic N) is 1. The monoisotopic (exact) mass is 421 g/mol. The van der Waals surface area contributed by atoms with E-state index in [0.717, 1.165) is 11.4 Å². The van der Waals surface area contributed by atoms with Gasteiger partial charge in [0.25, 0.3) is 0 Å². The number of nitrogens with one attached hydrogen (secondary N) is 2. The standard InChI is InChI=1S/C19H23N3O4S2/c1-2-26-17-8-6-15(7-9-17)20-19(27)21-16-4-3-5-18(14-16)28(23,24)22-10-12-25-13-11-22/h3-9,14H,2,10-13H2,1H3,(H2,20,21,27). The Kier molecular flexibility index (Phi) is 6.84. The maximum atomic E-state index is 12.8. The average Bonchev–Trinajstić information content (AvgIpc) is 2.70. The van der Waals surface area contributed by atoms with Crippen molar-refractivity contribution in [3.63, 3.8) is 0 Å². The van der Waals surface area contributed by atoms with E-state index in [-0.39, 0.29) is 4.90 Å². The number of hydrogen-bond donors (Lipinski definition) is 2. The Morgan fingerprint density at radius 1 is 1.11 bits per heavy atom. The summed E-state index contributed by atoms with van der Waals surface area (Å²) in [6, 6.07) is 14.0. The molecule has 0 bridgehead atoms. The Balaban J connectivity index is 1.66. The molecule has 0 unspecified atom stereocenters. The summed E-state index contributed by atoms with van der Waals surface area (Å²) in [4.78, 5) is 0.225. The van der Waals surface area contributed by atoms with Crippen molar-refractivity contribution in [3.8, 4) is 5.75 Å². The Hall–Kier alpha value is -2.20. The van der Waals surface area contributed by atoms with Crippen LogP contribution in [0, 0.1) is 0 Å². The molecule has 2 aromatic rings. The molecule has 0 saturated carbocycles. The van der Waals surface area contributed by atoms with E-state index in [0.29, 0.717) is 43.7 Å². The number of sulfonamides is 1. The lowest BCUT2D eigenvalue weighted by Gasteiger charge is -2.26. The first-order valence-corrected chi connectivity index (χ1v) is 10.8. The van der Waals surface area contributed by atoms with Gasteiger partial charge in [-0.15, -0.1) is 0 Å². The molecule has 2 aromatic carbocycles. The fraction of sp³-hybridized carbons (Fsp3) is 0.316. The molecule has 0 aromatic heterocycles. The van der Waals surface area contributed by atoms with Crippen LogP contribution in [0.1, 0.15) is 6.92 Å². The van der Waals surface area contributed by atoms with Crippen LogP contribution in [0.4, 0.5) is 11.4 Å². The van der Waals surface area contributed by atoms with E-state index < -0.39 is 10.0 Å². The van der Waals surface area contributed by atoms with Crippen LogP contribution in [0.25, 0.3) is 0 Å². The number of rotatable bonds is 6. The van der Waals surface area contributed by atoms with Crippen molar-refractivity contribution in [1.82, 2.24) is 4.31 Å². The Morgan fingerprint density at radius 3 is 2.46 bits per heavy atom. The van der Waals surface area contributed by atoms with Crippen molar-refractivity contribution in [1.29, 1.82) is 0 Å². The van der Waals surface area contributed by atoms with Gasteiger partial charge in [0.05, 0.1) is 24.7 Å². The van der Waals surface area contributed by atoms with Gasteiger partial charge >= 0.3 is 0 Å². The highest BCUT2D eigenvalue weighted by molar-refractivity contribution is 7.89. The minimum Gasteiger partial charge on any atom is -0.494 e. The first-order chi connectivity index (χ1) is 13.5. The van der Waals surface area contributed by atoms with Gasteiger partial charge in [-0.05, 0) is 61.6 Å². The maximum absolute atomic E-state index is 12.8. The second kappa shape index (κ2) is 9.33. The third-order valence-electron chi connectivity index (χ3n) is 4.12. The molecule has 0 radical (unpaired) electrons. The summed E-state index contributed by atoms with van der Waals surface area (Å²) in [6.07, 6.45) is 0. The lowest BCUT2D eigenvalue weighted by molar-refractivity contribution is 0.0730. The molecule has 2 N–H and O–H groups in total. The zero-order valence-corrected chi connectivity index (χ0v) is 17.2. The smallest absolute Gasteiger partial charge is 0.243 e. The molecule has 0 spiro atoms. The number of thiocarbonyl (C=S) groups is 1. The number of ether oxygens (including phenoxy) is 2. The van der Waals surface area contributed by atoms with Crippen LogP contribution in [-0.2, 0) is 14.8 Å². The topological polar surface area (TPSA) is 79.9 Å². The highest BCUT2D eigenvalue weighted by atomic mass is 32.2. The average molecular weight is 422 g/mol.